The van der Waals surface area contributed by atoms with Crippen LogP contribution in [0, 0.1) is 0 Å². The van der Waals surface area contributed by atoms with Gasteiger partial charge in [0, 0.05) is 39.6 Å². The fourth-order valence-electron chi connectivity index (χ4n) is 2.08. The van der Waals surface area contributed by atoms with Gasteiger partial charge in [-0.05, 0) is 12.8 Å². The van der Waals surface area contributed by atoms with Crippen molar-refractivity contribution in [1.29, 1.82) is 0 Å². The first-order valence-electron chi connectivity index (χ1n) is 6.43. The second-order valence-corrected chi connectivity index (χ2v) is 6.88. The summed E-state index contributed by atoms with van der Waals surface area (Å²) < 4.78 is 26.8. The van der Waals surface area contributed by atoms with Gasteiger partial charge < -0.3 is 10.4 Å². The zero-order chi connectivity index (χ0) is 15.3. The molecule has 0 spiro atoms. The van der Waals surface area contributed by atoms with Crippen LogP contribution in [0.15, 0.2) is 0 Å². The van der Waals surface area contributed by atoms with Crippen molar-refractivity contribution in [3.8, 4) is 0 Å². The molecule has 0 saturated carbocycles. The SMILES string of the molecule is CC(=O)NC1CCN(S(=O)(=O)N(C)CCC(=O)O)CC1. The molecule has 0 atom stereocenters. The minimum Gasteiger partial charge on any atom is -0.481 e. The van der Waals surface area contributed by atoms with E-state index in [2.05, 4.69) is 5.32 Å². The minimum absolute atomic E-state index is 0.00303. The molecule has 2 N–H and O–H groups in total. The summed E-state index contributed by atoms with van der Waals surface area (Å²) in [6.45, 7) is 2.03. The van der Waals surface area contributed by atoms with E-state index in [0.29, 0.717) is 25.9 Å². The Labute approximate surface area is 118 Å². The summed E-state index contributed by atoms with van der Waals surface area (Å²) >= 11 is 0. The van der Waals surface area contributed by atoms with Crippen molar-refractivity contribution in [1.82, 2.24) is 13.9 Å². The van der Waals surface area contributed by atoms with Gasteiger partial charge in [-0.1, -0.05) is 0 Å². The highest BCUT2D eigenvalue weighted by Crippen LogP contribution is 2.16. The molecule has 1 heterocycles. The molecule has 20 heavy (non-hydrogen) atoms. The highest BCUT2D eigenvalue weighted by molar-refractivity contribution is 7.86. The first-order chi connectivity index (χ1) is 9.23. The Balaban J connectivity index is 2.53. The van der Waals surface area contributed by atoms with Gasteiger partial charge >= 0.3 is 5.97 Å². The van der Waals surface area contributed by atoms with E-state index in [1.807, 2.05) is 0 Å². The van der Waals surface area contributed by atoms with Gasteiger partial charge in [-0.2, -0.15) is 17.0 Å². The number of carbonyl (C=O) groups excluding carboxylic acids is 1. The Morgan fingerprint density at radius 2 is 1.90 bits per heavy atom. The Hall–Kier alpha value is -1.19. The molecular formula is C11H21N3O5S. The number of hydrogen-bond donors (Lipinski definition) is 2. The van der Waals surface area contributed by atoms with E-state index in [9.17, 15) is 18.0 Å². The third-order valence-corrected chi connectivity index (χ3v) is 5.21. The maximum atomic E-state index is 12.2. The topological polar surface area (TPSA) is 107 Å². The van der Waals surface area contributed by atoms with Crippen LogP contribution in [-0.2, 0) is 19.8 Å². The van der Waals surface area contributed by atoms with Gasteiger partial charge in [-0.25, -0.2) is 0 Å². The van der Waals surface area contributed by atoms with E-state index in [1.165, 1.54) is 18.3 Å². The van der Waals surface area contributed by atoms with Crippen molar-refractivity contribution >= 4 is 22.1 Å². The number of rotatable bonds is 6. The van der Waals surface area contributed by atoms with E-state index in [4.69, 9.17) is 5.11 Å². The average Bonchev–Trinajstić information content (AvgIpc) is 2.35. The van der Waals surface area contributed by atoms with Crippen LogP contribution in [0.25, 0.3) is 0 Å². The zero-order valence-corrected chi connectivity index (χ0v) is 12.5. The van der Waals surface area contributed by atoms with Gasteiger partial charge in [0.25, 0.3) is 10.2 Å². The third kappa shape index (κ3) is 4.73. The molecule has 1 aliphatic rings. The normalized spacial score (nSPS) is 18.1. The number of hydrogen-bond acceptors (Lipinski definition) is 4. The maximum absolute atomic E-state index is 12.2. The number of nitrogens with zero attached hydrogens (tertiary/aromatic N) is 2. The largest absolute Gasteiger partial charge is 0.481 e. The summed E-state index contributed by atoms with van der Waals surface area (Å²) in [7, 11) is -2.25. The van der Waals surface area contributed by atoms with Crippen LogP contribution in [-0.4, -0.2) is 66.7 Å². The highest BCUT2D eigenvalue weighted by atomic mass is 32.2. The predicted molar refractivity (Wildman–Crippen MR) is 72.2 cm³/mol. The van der Waals surface area contributed by atoms with Crippen molar-refractivity contribution in [3.63, 3.8) is 0 Å². The lowest BCUT2D eigenvalue weighted by atomic mass is 10.1. The van der Waals surface area contributed by atoms with Crippen molar-refractivity contribution in [2.24, 2.45) is 0 Å². The van der Waals surface area contributed by atoms with Crippen molar-refractivity contribution in [2.45, 2.75) is 32.2 Å². The number of carboxylic acids is 1. The molecule has 0 aromatic heterocycles. The lowest BCUT2D eigenvalue weighted by molar-refractivity contribution is -0.137. The lowest BCUT2D eigenvalue weighted by Gasteiger charge is -2.33. The molecule has 0 aromatic rings. The minimum atomic E-state index is -3.62. The van der Waals surface area contributed by atoms with Crippen molar-refractivity contribution in [3.05, 3.63) is 0 Å². The predicted octanol–water partition coefficient (Wildman–Crippen LogP) is -0.762. The molecule has 0 unspecified atom stereocenters. The molecule has 1 aliphatic heterocycles. The molecule has 8 nitrogen and oxygen atoms in total. The number of amides is 1. The first kappa shape index (κ1) is 16.9. The van der Waals surface area contributed by atoms with E-state index in [-0.39, 0.29) is 24.9 Å². The number of carboxylic acid groups (broad SMARTS) is 1. The Kier molecular flexibility index (Phi) is 5.90. The molecular weight excluding hydrogens is 286 g/mol. The van der Waals surface area contributed by atoms with E-state index in [0.717, 1.165) is 4.31 Å². The third-order valence-electron chi connectivity index (χ3n) is 3.22. The number of aliphatic carboxylic acids is 1. The van der Waals surface area contributed by atoms with Gasteiger partial charge in [0.2, 0.25) is 5.91 Å². The monoisotopic (exact) mass is 307 g/mol. The molecule has 0 aromatic carbocycles. The van der Waals surface area contributed by atoms with E-state index in [1.54, 1.807) is 0 Å². The standard InChI is InChI=1S/C11H21N3O5S/c1-9(15)12-10-3-7-14(8-4-10)20(18,19)13(2)6-5-11(16)17/h10H,3-8H2,1-2H3,(H,12,15)(H,16,17). The molecule has 0 bridgehead atoms. The van der Waals surface area contributed by atoms with Crippen LogP contribution in [0.3, 0.4) is 0 Å². The summed E-state index contributed by atoms with van der Waals surface area (Å²) in [4.78, 5) is 21.4. The maximum Gasteiger partial charge on any atom is 0.304 e. The van der Waals surface area contributed by atoms with Crippen LogP contribution >= 0.6 is 0 Å². The number of carbonyl (C=O) groups is 2. The first-order valence-corrected chi connectivity index (χ1v) is 7.83. The van der Waals surface area contributed by atoms with Crippen LogP contribution in [0.5, 0.6) is 0 Å². The van der Waals surface area contributed by atoms with Crippen LogP contribution in [0.1, 0.15) is 26.2 Å². The van der Waals surface area contributed by atoms with Gasteiger partial charge in [-0.15, -0.1) is 0 Å². The van der Waals surface area contributed by atoms with Gasteiger partial charge in [-0.3, -0.25) is 9.59 Å². The molecule has 1 amide bonds. The molecule has 116 valence electrons. The van der Waals surface area contributed by atoms with Gasteiger partial charge in [0.1, 0.15) is 0 Å². The van der Waals surface area contributed by atoms with Crippen molar-refractivity contribution < 1.29 is 23.1 Å². The van der Waals surface area contributed by atoms with Crippen LogP contribution in [0.4, 0.5) is 0 Å². The summed E-state index contributed by atoms with van der Waals surface area (Å²) in [5.74, 6) is -1.15. The molecule has 1 fully saturated rings. The quantitative estimate of drug-likeness (QED) is 0.670. The number of piperidine rings is 1. The molecule has 1 saturated heterocycles. The molecule has 0 aliphatic carbocycles. The smallest absolute Gasteiger partial charge is 0.304 e. The molecule has 0 radical (unpaired) electrons. The van der Waals surface area contributed by atoms with Gasteiger partial charge in [0.15, 0.2) is 0 Å². The fraction of sp³-hybridized carbons (Fsp3) is 0.818. The fourth-order valence-corrected chi connectivity index (χ4v) is 3.47. The Morgan fingerprint density at radius 3 is 2.35 bits per heavy atom. The zero-order valence-electron chi connectivity index (χ0n) is 11.7. The average molecular weight is 307 g/mol. The summed E-state index contributed by atoms with van der Waals surface area (Å²) in [5.41, 5.74) is 0. The highest BCUT2D eigenvalue weighted by Gasteiger charge is 2.31. The Bertz CT molecular complexity index is 457. The van der Waals surface area contributed by atoms with Crippen LogP contribution in [0.2, 0.25) is 0 Å². The second-order valence-electron chi connectivity index (χ2n) is 4.85. The summed E-state index contributed by atoms with van der Waals surface area (Å²) in [6.07, 6.45) is 0.898. The van der Waals surface area contributed by atoms with Crippen molar-refractivity contribution in [2.75, 3.05) is 26.7 Å². The van der Waals surface area contributed by atoms with Gasteiger partial charge in [0.05, 0.1) is 6.42 Å². The molecule has 9 heteroatoms. The van der Waals surface area contributed by atoms with E-state index >= 15 is 0 Å². The second kappa shape index (κ2) is 7.00. The Morgan fingerprint density at radius 1 is 1.35 bits per heavy atom. The number of nitrogens with one attached hydrogen (secondary N) is 1. The summed E-state index contributed by atoms with van der Waals surface area (Å²) in [6, 6.07) is 0.00303. The van der Waals surface area contributed by atoms with Crippen LogP contribution < -0.4 is 5.32 Å². The summed E-state index contributed by atoms with van der Waals surface area (Å²) in [5, 5.41) is 11.4. The molecule has 1 rings (SSSR count). The lowest BCUT2D eigenvalue weighted by Crippen LogP contribution is -2.50. The van der Waals surface area contributed by atoms with E-state index < -0.39 is 16.2 Å².